The Bertz CT molecular complexity index is 543. The van der Waals surface area contributed by atoms with Crippen LogP contribution in [-0.2, 0) is 13.9 Å². The predicted molar refractivity (Wildman–Crippen MR) is 123 cm³/mol. The molecule has 0 bridgehead atoms. The van der Waals surface area contributed by atoms with Gasteiger partial charge in [-0.2, -0.15) is 0 Å². The van der Waals surface area contributed by atoms with E-state index in [2.05, 4.69) is 66.4 Å². The van der Waals surface area contributed by atoms with Crippen LogP contribution >= 0.6 is 0 Å². The number of hydrogen-bond donors (Lipinski definition) is 0. The Labute approximate surface area is 175 Å². The summed E-state index contributed by atoms with van der Waals surface area (Å²) in [5.41, 5.74) is 2.77. The zero-order chi connectivity index (χ0) is 21.4. The fourth-order valence-electron chi connectivity index (χ4n) is 3.29. The number of ether oxygens (including phenoxy) is 2. The van der Waals surface area contributed by atoms with Gasteiger partial charge in [-0.15, -0.1) is 0 Å². The van der Waals surface area contributed by atoms with Crippen LogP contribution in [0, 0.1) is 5.92 Å². The van der Waals surface area contributed by atoms with Gasteiger partial charge in [0.05, 0.1) is 6.10 Å². The van der Waals surface area contributed by atoms with Crippen molar-refractivity contribution < 1.29 is 13.9 Å². The lowest BCUT2D eigenvalue weighted by molar-refractivity contribution is -0.105. The van der Waals surface area contributed by atoms with Crippen LogP contribution in [0.3, 0.4) is 0 Å². The van der Waals surface area contributed by atoms with Gasteiger partial charge in [-0.1, -0.05) is 56.7 Å². The molecule has 0 aliphatic carbocycles. The molecule has 0 aromatic heterocycles. The Hall–Kier alpha value is -0.683. The molecule has 0 N–H and O–H groups in total. The maximum absolute atomic E-state index is 6.30. The van der Waals surface area contributed by atoms with Crippen LogP contribution in [0.1, 0.15) is 66.7 Å². The van der Waals surface area contributed by atoms with Crippen LogP contribution in [0.2, 0.25) is 18.1 Å². The van der Waals surface area contributed by atoms with Gasteiger partial charge >= 0.3 is 0 Å². The van der Waals surface area contributed by atoms with Crippen molar-refractivity contribution in [3.8, 4) is 0 Å². The molecule has 0 aromatic rings. The quantitative estimate of drug-likeness (QED) is 0.159. The van der Waals surface area contributed by atoms with Gasteiger partial charge < -0.3 is 13.9 Å². The van der Waals surface area contributed by atoms with E-state index in [4.69, 9.17) is 13.9 Å². The van der Waals surface area contributed by atoms with E-state index in [1.54, 1.807) is 7.11 Å². The monoisotopic (exact) mass is 408 g/mol. The van der Waals surface area contributed by atoms with Crippen molar-refractivity contribution in [1.29, 1.82) is 0 Å². The van der Waals surface area contributed by atoms with Gasteiger partial charge in [-0.25, -0.2) is 0 Å². The van der Waals surface area contributed by atoms with E-state index in [0.29, 0.717) is 5.92 Å². The molecular formula is C24H44O3Si. The van der Waals surface area contributed by atoms with E-state index in [1.165, 1.54) is 11.1 Å². The Kier molecular flexibility index (Phi) is 10.4. The lowest BCUT2D eigenvalue weighted by Crippen LogP contribution is -2.40. The molecule has 0 saturated carbocycles. The minimum Gasteiger partial charge on any atom is -0.417 e. The molecule has 1 aliphatic heterocycles. The summed E-state index contributed by atoms with van der Waals surface area (Å²) in [5, 5.41) is 0.274. The Morgan fingerprint density at radius 1 is 1.18 bits per heavy atom. The summed E-state index contributed by atoms with van der Waals surface area (Å²) < 4.78 is 17.9. The number of methoxy groups -OCH3 is 1. The summed E-state index contributed by atoms with van der Waals surface area (Å²) in [5.74, 6) is 0.511. The highest BCUT2D eigenvalue weighted by molar-refractivity contribution is 6.74. The molecule has 0 aromatic carbocycles. The van der Waals surface area contributed by atoms with Crippen molar-refractivity contribution in [2.75, 3.05) is 13.7 Å². The lowest BCUT2D eigenvalue weighted by Gasteiger charge is -2.36. The molecule has 1 rings (SSSR count). The number of hydrogen-bond acceptors (Lipinski definition) is 3. The summed E-state index contributed by atoms with van der Waals surface area (Å²) in [4.78, 5) is 0. The highest BCUT2D eigenvalue weighted by atomic mass is 28.4. The minimum absolute atomic E-state index is 0.0790. The molecule has 3 nitrogen and oxygen atoms in total. The smallest absolute Gasteiger partial charge is 0.191 e. The van der Waals surface area contributed by atoms with Crippen LogP contribution in [-0.4, -0.2) is 34.4 Å². The maximum Gasteiger partial charge on any atom is 0.191 e. The summed E-state index contributed by atoms with van der Waals surface area (Å²) in [7, 11) is 0.0986. The van der Waals surface area contributed by atoms with Crippen LogP contribution in [0.4, 0.5) is 0 Å². The van der Waals surface area contributed by atoms with Gasteiger partial charge in [0, 0.05) is 20.1 Å². The minimum atomic E-state index is -1.64. The molecule has 3 unspecified atom stereocenters. The Morgan fingerprint density at radius 2 is 1.86 bits per heavy atom. The molecule has 1 saturated heterocycles. The van der Waals surface area contributed by atoms with Gasteiger partial charge in [0.15, 0.2) is 14.6 Å². The molecule has 0 amide bonds. The molecule has 3 atom stereocenters. The van der Waals surface area contributed by atoms with Crippen molar-refractivity contribution in [3.63, 3.8) is 0 Å². The molecule has 0 radical (unpaired) electrons. The molecule has 4 heteroatoms. The van der Waals surface area contributed by atoms with Crippen molar-refractivity contribution in [1.82, 2.24) is 0 Å². The zero-order valence-electron chi connectivity index (χ0n) is 19.6. The Balaban J connectivity index is 2.54. The second-order valence-corrected chi connectivity index (χ2v) is 14.6. The van der Waals surface area contributed by atoms with Crippen LogP contribution in [0.25, 0.3) is 0 Å². The standard InChI is InChI=1S/C24H44O3Si/c1-10-12-19(2)14-15-21-18-23(25-7)27-22(21)17-20(3)13-11-16-26-28(8,9)24(4,5)6/h10,12,17,21-23H,1,11,13-16,18H2,2-9H3/b19-12+,20-17+. The third kappa shape index (κ3) is 8.36. The third-order valence-corrected chi connectivity index (χ3v) is 10.8. The highest BCUT2D eigenvalue weighted by Gasteiger charge is 2.37. The summed E-state index contributed by atoms with van der Waals surface area (Å²) in [6.07, 6.45) is 11.7. The first-order valence-electron chi connectivity index (χ1n) is 10.8. The van der Waals surface area contributed by atoms with Crippen molar-refractivity contribution >= 4 is 8.32 Å². The second-order valence-electron chi connectivity index (χ2n) is 9.77. The van der Waals surface area contributed by atoms with E-state index >= 15 is 0 Å². The van der Waals surface area contributed by atoms with Crippen molar-refractivity contribution in [2.45, 2.75) is 97.2 Å². The Morgan fingerprint density at radius 3 is 2.43 bits per heavy atom. The maximum atomic E-state index is 6.30. The topological polar surface area (TPSA) is 27.7 Å². The summed E-state index contributed by atoms with van der Waals surface area (Å²) in [6.45, 7) is 20.5. The summed E-state index contributed by atoms with van der Waals surface area (Å²) >= 11 is 0. The molecular weight excluding hydrogens is 364 g/mol. The van der Waals surface area contributed by atoms with Crippen LogP contribution < -0.4 is 0 Å². The number of allylic oxidation sites excluding steroid dienone is 4. The highest BCUT2D eigenvalue weighted by Crippen LogP contribution is 2.37. The molecule has 1 heterocycles. The predicted octanol–water partition coefficient (Wildman–Crippen LogP) is 7.02. The van der Waals surface area contributed by atoms with E-state index in [0.717, 1.165) is 38.7 Å². The van der Waals surface area contributed by atoms with E-state index in [1.807, 2.05) is 6.08 Å². The van der Waals surface area contributed by atoms with Gasteiger partial charge in [0.2, 0.25) is 0 Å². The van der Waals surface area contributed by atoms with Gasteiger partial charge in [-0.05, 0) is 63.6 Å². The van der Waals surface area contributed by atoms with Crippen LogP contribution in [0.15, 0.2) is 36.0 Å². The molecule has 162 valence electrons. The van der Waals surface area contributed by atoms with Gasteiger partial charge in [0.25, 0.3) is 0 Å². The summed E-state index contributed by atoms with van der Waals surface area (Å²) in [6, 6.07) is 0. The largest absolute Gasteiger partial charge is 0.417 e. The molecule has 1 fully saturated rings. The molecule has 28 heavy (non-hydrogen) atoms. The first-order valence-corrected chi connectivity index (χ1v) is 13.7. The molecule has 1 aliphatic rings. The van der Waals surface area contributed by atoms with Crippen molar-refractivity contribution in [2.24, 2.45) is 5.92 Å². The van der Waals surface area contributed by atoms with Crippen LogP contribution in [0.5, 0.6) is 0 Å². The number of rotatable bonds is 11. The van der Waals surface area contributed by atoms with E-state index < -0.39 is 8.32 Å². The normalized spacial score (nSPS) is 24.6. The van der Waals surface area contributed by atoms with E-state index in [9.17, 15) is 0 Å². The van der Waals surface area contributed by atoms with Gasteiger partial charge in [0.1, 0.15) is 0 Å². The first kappa shape index (κ1) is 25.4. The fourth-order valence-corrected chi connectivity index (χ4v) is 4.38. The first-order chi connectivity index (χ1) is 13.0. The SMILES string of the molecule is C=C/C=C(\C)CCC1CC(OC)OC1/C=C(\C)CCCO[Si](C)(C)C(C)(C)C. The average Bonchev–Trinajstić information content (AvgIpc) is 2.98. The third-order valence-electron chi connectivity index (χ3n) is 6.28. The van der Waals surface area contributed by atoms with Gasteiger partial charge in [-0.3, -0.25) is 0 Å². The zero-order valence-corrected chi connectivity index (χ0v) is 20.6. The van der Waals surface area contributed by atoms with Crippen molar-refractivity contribution in [3.05, 3.63) is 36.0 Å². The average molecular weight is 409 g/mol. The molecule has 0 spiro atoms. The lowest BCUT2D eigenvalue weighted by atomic mass is 9.92. The van der Waals surface area contributed by atoms with E-state index in [-0.39, 0.29) is 17.4 Å². The second kappa shape index (κ2) is 11.5. The fraction of sp³-hybridized carbons (Fsp3) is 0.750.